The molecule has 0 atom stereocenters. The topological polar surface area (TPSA) is 61.7 Å². The number of aromatic nitrogens is 3. The molecule has 7 rings (SSSR count). The number of halogens is 1. The summed E-state index contributed by atoms with van der Waals surface area (Å²) in [6, 6.07) is 16.7. The van der Waals surface area contributed by atoms with Crippen LogP contribution in [0.25, 0.3) is 16.7 Å². The average Bonchev–Trinajstić information content (AvgIpc) is 3.74. The van der Waals surface area contributed by atoms with E-state index in [0.29, 0.717) is 37.9 Å². The lowest BCUT2D eigenvalue weighted by Crippen LogP contribution is -2.46. The lowest BCUT2D eigenvalue weighted by molar-refractivity contribution is 0.121. The number of benzene rings is 2. The van der Waals surface area contributed by atoms with E-state index in [1.165, 1.54) is 31.5 Å². The molecule has 0 radical (unpaired) electrons. The highest BCUT2D eigenvalue weighted by Gasteiger charge is 2.31. The Morgan fingerprint density at radius 3 is 2.46 bits per heavy atom. The molecule has 9 heteroatoms. The summed E-state index contributed by atoms with van der Waals surface area (Å²) in [4.78, 5) is 16.5. The van der Waals surface area contributed by atoms with Gasteiger partial charge in [0.05, 0.1) is 24.6 Å². The van der Waals surface area contributed by atoms with Crippen LogP contribution in [0.2, 0.25) is 0 Å². The van der Waals surface area contributed by atoms with Gasteiger partial charge in [0.15, 0.2) is 0 Å². The zero-order valence-corrected chi connectivity index (χ0v) is 22.1. The zero-order valence-electron chi connectivity index (χ0n) is 22.1. The number of piperazine rings is 1. The summed E-state index contributed by atoms with van der Waals surface area (Å²) in [5, 5.41) is 4.23. The van der Waals surface area contributed by atoms with Crippen molar-refractivity contribution in [2.45, 2.75) is 25.4 Å². The van der Waals surface area contributed by atoms with E-state index in [1.807, 2.05) is 33.9 Å². The van der Waals surface area contributed by atoms with E-state index in [2.05, 4.69) is 44.4 Å². The van der Waals surface area contributed by atoms with Crippen molar-refractivity contribution < 1.29 is 9.13 Å². The van der Waals surface area contributed by atoms with Crippen LogP contribution in [0.1, 0.15) is 18.4 Å². The first kappa shape index (κ1) is 24.5. The number of anilines is 3. The number of ether oxygens (including phenoxy) is 1. The average molecular weight is 528 g/mol. The van der Waals surface area contributed by atoms with Crippen molar-refractivity contribution >= 4 is 28.4 Å². The van der Waals surface area contributed by atoms with Crippen molar-refractivity contribution in [1.29, 1.82) is 0 Å². The van der Waals surface area contributed by atoms with Crippen molar-refractivity contribution in [3.63, 3.8) is 0 Å². The summed E-state index contributed by atoms with van der Waals surface area (Å²) in [5.74, 6) is 0.269. The van der Waals surface area contributed by atoms with Gasteiger partial charge in [-0.25, -0.2) is 9.37 Å². The maximum atomic E-state index is 15.1. The summed E-state index contributed by atoms with van der Waals surface area (Å²) >= 11 is 0. The van der Waals surface area contributed by atoms with E-state index < -0.39 is 0 Å². The zero-order chi connectivity index (χ0) is 26.2. The summed E-state index contributed by atoms with van der Waals surface area (Å²) in [7, 11) is 0. The van der Waals surface area contributed by atoms with Crippen LogP contribution in [0.5, 0.6) is 0 Å². The highest BCUT2D eigenvalue weighted by Crippen LogP contribution is 2.28. The predicted octanol–water partition coefficient (Wildman–Crippen LogP) is 4.42. The number of fused-ring (bicyclic) bond motifs is 1. The van der Waals surface area contributed by atoms with E-state index in [4.69, 9.17) is 9.72 Å². The van der Waals surface area contributed by atoms with Gasteiger partial charge in [-0.2, -0.15) is 4.98 Å². The molecule has 4 aromatic rings. The summed E-state index contributed by atoms with van der Waals surface area (Å²) in [6.07, 6.45) is 6.48. The second-order valence-electron chi connectivity index (χ2n) is 10.8. The molecule has 3 fully saturated rings. The van der Waals surface area contributed by atoms with Crippen molar-refractivity contribution in [1.82, 2.24) is 24.3 Å². The van der Waals surface area contributed by atoms with Gasteiger partial charge in [-0.3, -0.25) is 9.80 Å². The standard InChI is InChI=1S/C30H34FN7O/c31-27-19-26(7-8-28(27)37-15-17-39-18-16-37)38-10-9-23-20-32-30(34-29(23)38)33-24-3-1-22(2-4-24)21-35-11-13-36(14-12-35)25-5-6-25/h1-4,7-10,19-20,25H,5-6,11-18,21H2,(H,32,33,34). The van der Waals surface area contributed by atoms with Crippen LogP contribution in [-0.4, -0.2) is 82.9 Å². The number of hydrogen-bond donors (Lipinski definition) is 1. The van der Waals surface area contributed by atoms with Gasteiger partial charge in [0, 0.05) is 81.4 Å². The van der Waals surface area contributed by atoms with Gasteiger partial charge in [0.1, 0.15) is 11.5 Å². The molecule has 0 bridgehead atoms. The fourth-order valence-electron chi connectivity index (χ4n) is 5.70. The van der Waals surface area contributed by atoms with E-state index in [1.54, 1.807) is 12.3 Å². The molecule has 1 aliphatic carbocycles. The molecule has 2 aromatic heterocycles. The number of morpholine rings is 1. The third-order valence-electron chi connectivity index (χ3n) is 8.07. The molecule has 0 unspecified atom stereocenters. The maximum absolute atomic E-state index is 15.1. The van der Waals surface area contributed by atoms with E-state index in [0.717, 1.165) is 48.1 Å². The quantitative estimate of drug-likeness (QED) is 0.382. The van der Waals surface area contributed by atoms with Crippen LogP contribution in [0.4, 0.5) is 21.7 Å². The number of nitrogens with zero attached hydrogens (tertiary/aromatic N) is 6. The van der Waals surface area contributed by atoms with Crippen LogP contribution in [-0.2, 0) is 11.3 Å². The second kappa shape index (κ2) is 10.6. The monoisotopic (exact) mass is 527 g/mol. The minimum atomic E-state index is -0.242. The van der Waals surface area contributed by atoms with Gasteiger partial charge in [-0.1, -0.05) is 12.1 Å². The van der Waals surface area contributed by atoms with Crippen LogP contribution in [0, 0.1) is 5.82 Å². The van der Waals surface area contributed by atoms with E-state index >= 15 is 4.39 Å². The van der Waals surface area contributed by atoms with Crippen molar-refractivity contribution in [2.24, 2.45) is 0 Å². The molecular weight excluding hydrogens is 493 g/mol. The smallest absolute Gasteiger partial charge is 0.229 e. The Labute approximate surface area is 228 Å². The van der Waals surface area contributed by atoms with Crippen LogP contribution < -0.4 is 10.2 Å². The van der Waals surface area contributed by atoms with E-state index in [9.17, 15) is 0 Å². The first-order valence-electron chi connectivity index (χ1n) is 14.0. The van der Waals surface area contributed by atoms with Crippen molar-refractivity contribution in [3.8, 4) is 5.69 Å². The van der Waals surface area contributed by atoms with E-state index in [-0.39, 0.29) is 5.82 Å². The Balaban J connectivity index is 1.03. The van der Waals surface area contributed by atoms with Gasteiger partial charge in [0.25, 0.3) is 0 Å². The van der Waals surface area contributed by atoms with Crippen LogP contribution >= 0.6 is 0 Å². The third kappa shape index (κ3) is 5.34. The lowest BCUT2D eigenvalue weighted by atomic mass is 10.1. The first-order chi connectivity index (χ1) is 19.2. The molecule has 8 nitrogen and oxygen atoms in total. The molecule has 0 amide bonds. The highest BCUT2D eigenvalue weighted by molar-refractivity contribution is 5.79. The highest BCUT2D eigenvalue weighted by atomic mass is 19.1. The Morgan fingerprint density at radius 2 is 1.72 bits per heavy atom. The molecule has 3 aliphatic rings. The minimum absolute atomic E-state index is 0.242. The maximum Gasteiger partial charge on any atom is 0.229 e. The van der Waals surface area contributed by atoms with Crippen molar-refractivity contribution in [3.05, 3.63) is 72.3 Å². The second-order valence-corrected chi connectivity index (χ2v) is 10.8. The molecule has 0 spiro atoms. The van der Waals surface area contributed by atoms with Crippen LogP contribution in [0.3, 0.4) is 0 Å². The molecule has 2 saturated heterocycles. The fraction of sp³-hybridized carbons (Fsp3) is 0.400. The Kier molecular flexibility index (Phi) is 6.64. The Morgan fingerprint density at radius 1 is 0.923 bits per heavy atom. The molecule has 39 heavy (non-hydrogen) atoms. The fourth-order valence-corrected chi connectivity index (χ4v) is 5.70. The molecule has 4 heterocycles. The summed E-state index contributed by atoms with van der Waals surface area (Å²) < 4.78 is 22.4. The number of rotatable bonds is 7. The minimum Gasteiger partial charge on any atom is -0.378 e. The normalized spacial score (nSPS) is 19.1. The first-order valence-corrected chi connectivity index (χ1v) is 14.0. The summed E-state index contributed by atoms with van der Waals surface area (Å²) in [5.41, 5.74) is 4.32. The van der Waals surface area contributed by atoms with Gasteiger partial charge >= 0.3 is 0 Å². The molecule has 2 aliphatic heterocycles. The number of hydrogen-bond acceptors (Lipinski definition) is 7. The molecule has 2 aromatic carbocycles. The molecule has 1 N–H and O–H groups in total. The predicted molar refractivity (Wildman–Crippen MR) is 151 cm³/mol. The Hall–Kier alpha value is -3.53. The van der Waals surface area contributed by atoms with Crippen molar-refractivity contribution in [2.75, 3.05) is 62.7 Å². The largest absolute Gasteiger partial charge is 0.378 e. The van der Waals surface area contributed by atoms with Gasteiger partial charge in [-0.05, 0) is 48.7 Å². The SMILES string of the molecule is Fc1cc(-n2ccc3cnc(Nc4ccc(CN5CCN(C6CC6)CC5)cc4)nc32)ccc1N1CCOCC1. The van der Waals surface area contributed by atoms with Gasteiger partial charge < -0.3 is 19.5 Å². The molecular formula is C30H34FN7O. The lowest BCUT2D eigenvalue weighted by Gasteiger charge is -2.34. The third-order valence-corrected chi connectivity index (χ3v) is 8.07. The van der Waals surface area contributed by atoms with Gasteiger partial charge in [0.2, 0.25) is 5.95 Å². The Bertz CT molecular complexity index is 1440. The summed E-state index contributed by atoms with van der Waals surface area (Å²) in [6.45, 7) is 8.29. The van der Waals surface area contributed by atoms with Crippen LogP contribution in [0.15, 0.2) is 60.9 Å². The number of nitrogens with one attached hydrogen (secondary N) is 1. The van der Waals surface area contributed by atoms with Gasteiger partial charge in [-0.15, -0.1) is 0 Å². The molecule has 1 saturated carbocycles. The molecule has 202 valence electrons.